The monoisotopic (exact) mass is 537 g/mol. The fourth-order valence-corrected chi connectivity index (χ4v) is 4.97. The molecule has 0 atom stereocenters. The molecular formula is C25H23N5O7S. The molecule has 196 valence electrons. The van der Waals surface area contributed by atoms with E-state index in [9.17, 15) is 32.9 Å². The number of benzene rings is 2. The van der Waals surface area contributed by atoms with Crippen LogP contribution in [0.1, 0.15) is 46.4 Å². The molecule has 2 N–H and O–H groups in total. The molecule has 4 rings (SSSR count). The SMILES string of the molecule is O=C(CCCCCN1C(=O)c2cccc([N+](=O)[O-])c2C1=O)Nc1ccc(S(=O)(=O)Nc2ccccn2)cc1. The van der Waals surface area contributed by atoms with Crippen molar-refractivity contribution in [3.05, 3.63) is 88.1 Å². The first-order valence-electron chi connectivity index (χ1n) is 11.6. The van der Waals surface area contributed by atoms with Crippen molar-refractivity contribution in [2.75, 3.05) is 16.6 Å². The third kappa shape index (κ3) is 5.83. The van der Waals surface area contributed by atoms with Gasteiger partial charge in [-0.05, 0) is 55.3 Å². The molecule has 0 bridgehead atoms. The quantitative estimate of drug-likeness (QED) is 0.162. The zero-order chi connectivity index (χ0) is 27.3. The zero-order valence-electron chi connectivity index (χ0n) is 20.0. The van der Waals surface area contributed by atoms with Gasteiger partial charge < -0.3 is 5.32 Å². The van der Waals surface area contributed by atoms with E-state index in [0.717, 1.165) is 4.90 Å². The molecule has 0 saturated heterocycles. The molecule has 3 amide bonds. The molecule has 0 fully saturated rings. The second kappa shape index (κ2) is 11.2. The average Bonchev–Trinajstić information content (AvgIpc) is 3.14. The van der Waals surface area contributed by atoms with Crippen LogP contribution in [-0.2, 0) is 14.8 Å². The lowest BCUT2D eigenvalue weighted by atomic mass is 10.1. The van der Waals surface area contributed by atoms with Crippen molar-refractivity contribution >= 4 is 44.9 Å². The fourth-order valence-electron chi connectivity index (χ4n) is 3.96. The fraction of sp³-hybridized carbons (Fsp3) is 0.200. The van der Waals surface area contributed by atoms with E-state index >= 15 is 0 Å². The first-order valence-corrected chi connectivity index (χ1v) is 13.1. The molecule has 1 aliphatic heterocycles. The van der Waals surface area contributed by atoms with E-state index in [1.807, 2.05) is 0 Å². The molecule has 38 heavy (non-hydrogen) atoms. The van der Waals surface area contributed by atoms with Crippen LogP contribution in [0.2, 0.25) is 0 Å². The number of fused-ring (bicyclic) bond motifs is 1. The maximum absolute atomic E-state index is 12.6. The third-order valence-corrected chi connectivity index (χ3v) is 7.18. The van der Waals surface area contributed by atoms with E-state index in [1.54, 1.807) is 12.1 Å². The summed E-state index contributed by atoms with van der Waals surface area (Å²) in [7, 11) is -3.83. The van der Waals surface area contributed by atoms with Crippen LogP contribution < -0.4 is 10.0 Å². The smallest absolute Gasteiger partial charge is 0.282 e. The molecule has 0 spiro atoms. The summed E-state index contributed by atoms with van der Waals surface area (Å²) in [5.74, 6) is -1.33. The van der Waals surface area contributed by atoms with E-state index in [-0.39, 0.29) is 40.7 Å². The van der Waals surface area contributed by atoms with Gasteiger partial charge in [0.1, 0.15) is 11.4 Å². The van der Waals surface area contributed by atoms with Crippen LogP contribution in [0.3, 0.4) is 0 Å². The Bertz CT molecular complexity index is 1490. The number of anilines is 2. The minimum absolute atomic E-state index is 0.0136. The van der Waals surface area contributed by atoms with E-state index in [1.165, 1.54) is 54.7 Å². The number of carbonyl (C=O) groups is 3. The van der Waals surface area contributed by atoms with Gasteiger partial charge in [-0.1, -0.05) is 18.6 Å². The van der Waals surface area contributed by atoms with Gasteiger partial charge in [-0.2, -0.15) is 0 Å². The number of carbonyl (C=O) groups excluding carboxylic acids is 3. The van der Waals surface area contributed by atoms with Crippen LogP contribution in [0.15, 0.2) is 71.8 Å². The maximum Gasteiger partial charge on any atom is 0.282 e. The lowest BCUT2D eigenvalue weighted by Gasteiger charge is -2.13. The van der Waals surface area contributed by atoms with E-state index in [4.69, 9.17) is 0 Å². The van der Waals surface area contributed by atoms with E-state index in [2.05, 4.69) is 15.0 Å². The molecule has 3 aromatic rings. The van der Waals surface area contributed by atoms with Crippen LogP contribution in [-0.4, -0.2) is 47.5 Å². The molecular weight excluding hydrogens is 514 g/mol. The van der Waals surface area contributed by atoms with E-state index < -0.39 is 32.4 Å². The van der Waals surface area contributed by atoms with Gasteiger partial charge in [-0.3, -0.25) is 34.1 Å². The Kier molecular flexibility index (Phi) is 7.76. The number of nitrogens with zero attached hydrogens (tertiary/aromatic N) is 3. The number of aromatic nitrogens is 1. The van der Waals surface area contributed by atoms with Crippen molar-refractivity contribution in [3.63, 3.8) is 0 Å². The van der Waals surface area contributed by atoms with Gasteiger partial charge in [-0.15, -0.1) is 0 Å². The Labute approximate surface area is 217 Å². The first kappa shape index (κ1) is 26.4. The highest BCUT2D eigenvalue weighted by molar-refractivity contribution is 7.92. The molecule has 2 heterocycles. The normalized spacial score (nSPS) is 12.8. The third-order valence-electron chi connectivity index (χ3n) is 5.81. The van der Waals surface area contributed by atoms with Crippen molar-refractivity contribution < 1.29 is 27.7 Å². The minimum Gasteiger partial charge on any atom is -0.326 e. The van der Waals surface area contributed by atoms with Crippen LogP contribution in [0, 0.1) is 10.1 Å². The molecule has 12 nitrogen and oxygen atoms in total. The van der Waals surface area contributed by atoms with Crippen LogP contribution in [0.25, 0.3) is 0 Å². The largest absolute Gasteiger partial charge is 0.326 e. The number of pyridine rings is 1. The number of nitro groups is 1. The number of imide groups is 1. The Morgan fingerprint density at radius 3 is 2.39 bits per heavy atom. The van der Waals surface area contributed by atoms with Crippen molar-refractivity contribution in [1.29, 1.82) is 0 Å². The molecule has 0 radical (unpaired) electrons. The Hall–Kier alpha value is -4.65. The highest BCUT2D eigenvalue weighted by Crippen LogP contribution is 2.31. The maximum atomic E-state index is 12.6. The number of hydrogen-bond acceptors (Lipinski definition) is 8. The highest BCUT2D eigenvalue weighted by atomic mass is 32.2. The van der Waals surface area contributed by atoms with Gasteiger partial charge >= 0.3 is 0 Å². The molecule has 0 unspecified atom stereocenters. The summed E-state index contributed by atoms with van der Waals surface area (Å²) in [5.41, 5.74) is -0.127. The Morgan fingerprint density at radius 2 is 1.71 bits per heavy atom. The molecule has 1 aliphatic rings. The predicted molar refractivity (Wildman–Crippen MR) is 137 cm³/mol. The second-order valence-electron chi connectivity index (χ2n) is 8.42. The summed E-state index contributed by atoms with van der Waals surface area (Å²) >= 11 is 0. The highest BCUT2D eigenvalue weighted by Gasteiger charge is 2.40. The summed E-state index contributed by atoms with van der Waals surface area (Å²) in [4.78, 5) is 52.8. The van der Waals surface area contributed by atoms with Crippen LogP contribution in [0.5, 0.6) is 0 Å². The topological polar surface area (TPSA) is 169 Å². The summed E-state index contributed by atoms with van der Waals surface area (Å²) < 4.78 is 27.3. The van der Waals surface area contributed by atoms with Crippen molar-refractivity contribution in [1.82, 2.24) is 9.88 Å². The molecule has 13 heteroatoms. The number of amides is 3. The Balaban J connectivity index is 1.22. The summed E-state index contributed by atoms with van der Waals surface area (Å²) in [6.07, 6.45) is 3.10. The average molecular weight is 538 g/mol. The molecule has 2 aromatic carbocycles. The standard InChI is InChI=1S/C25H23N5O7S/c31-22(27-17-11-13-18(14-12-17)38(36,37)28-21-9-3-4-15-26-21)10-2-1-5-16-29-24(32)19-7-6-8-20(30(34)35)23(19)25(29)33/h3-4,6-9,11-15H,1-2,5,10,16H2,(H,26,28)(H,27,31). The summed E-state index contributed by atoms with van der Waals surface area (Å²) in [6, 6.07) is 14.5. The lowest BCUT2D eigenvalue weighted by molar-refractivity contribution is -0.385. The van der Waals surface area contributed by atoms with Gasteiger partial charge in [0, 0.05) is 30.9 Å². The van der Waals surface area contributed by atoms with Gasteiger partial charge in [0.15, 0.2) is 0 Å². The van der Waals surface area contributed by atoms with Crippen LogP contribution >= 0.6 is 0 Å². The van der Waals surface area contributed by atoms with Gasteiger partial charge in [-0.25, -0.2) is 13.4 Å². The Morgan fingerprint density at radius 1 is 0.947 bits per heavy atom. The molecule has 0 aliphatic carbocycles. The molecule has 0 saturated carbocycles. The number of sulfonamides is 1. The number of nitro benzene ring substituents is 1. The number of hydrogen-bond donors (Lipinski definition) is 2. The molecule has 1 aromatic heterocycles. The number of rotatable bonds is 11. The van der Waals surface area contributed by atoms with Gasteiger partial charge in [0.2, 0.25) is 5.91 Å². The number of nitrogens with one attached hydrogen (secondary N) is 2. The van der Waals surface area contributed by atoms with Crippen molar-refractivity contribution in [2.45, 2.75) is 30.6 Å². The number of unbranched alkanes of at least 4 members (excludes halogenated alkanes) is 2. The summed E-state index contributed by atoms with van der Waals surface area (Å²) in [6.45, 7) is 0.0909. The predicted octanol–water partition coefficient (Wildman–Crippen LogP) is 3.59. The van der Waals surface area contributed by atoms with E-state index in [0.29, 0.717) is 24.9 Å². The zero-order valence-corrected chi connectivity index (χ0v) is 20.8. The van der Waals surface area contributed by atoms with Crippen molar-refractivity contribution in [2.24, 2.45) is 0 Å². The van der Waals surface area contributed by atoms with Crippen molar-refractivity contribution in [3.8, 4) is 0 Å². The lowest BCUT2D eigenvalue weighted by Crippen LogP contribution is -2.30. The summed E-state index contributed by atoms with van der Waals surface area (Å²) in [5, 5.41) is 13.9. The van der Waals surface area contributed by atoms with Gasteiger partial charge in [0.05, 0.1) is 15.4 Å². The minimum atomic E-state index is -3.83. The second-order valence-corrected chi connectivity index (χ2v) is 10.1. The first-order chi connectivity index (χ1) is 18.2. The van der Waals surface area contributed by atoms with Crippen LogP contribution in [0.4, 0.5) is 17.2 Å². The van der Waals surface area contributed by atoms with Gasteiger partial charge in [0.25, 0.3) is 27.5 Å².